The number of hydrogen-bond donors (Lipinski definition) is 1. The lowest BCUT2D eigenvalue weighted by Crippen LogP contribution is -2.36. The van der Waals surface area contributed by atoms with Gasteiger partial charge in [-0.15, -0.1) is 0 Å². The largest absolute Gasteiger partial charge is 0.481 e. The van der Waals surface area contributed by atoms with Gasteiger partial charge in [0, 0.05) is 36.2 Å². The van der Waals surface area contributed by atoms with E-state index < -0.39 is 5.97 Å². The monoisotopic (exact) mass is 298 g/mol. The minimum absolute atomic E-state index is 0.0169. The first-order valence-electron chi connectivity index (χ1n) is 7.41. The number of benzene rings is 1. The first-order chi connectivity index (χ1) is 10.6. The molecule has 0 bridgehead atoms. The van der Waals surface area contributed by atoms with Gasteiger partial charge in [0.25, 0.3) is 5.91 Å². The fraction of sp³-hybridized carbons (Fsp3) is 0.294. The highest BCUT2D eigenvalue weighted by molar-refractivity contribution is 5.95. The predicted molar refractivity (Wildman–Crippen MR) is 82.1 cm³/mol. The van der Waals surface area contributed by atoms with E-state index in [1.807, 2.05) is 47.3 Å². The highest BCUT2D eigenvalue weighted by Crippen LogP contribution is 2.23. The molecule has 5 nitrogen and oxygen atoms in total. The van der Waals surface area contributed by atoms with E-state index in [0.717, 1.165) is 18.5 Å². The van der Waals surface area contributed by atoms with Gasteiger partial charge in [0.2, 0.25) is 0 Å². The van der Waals surface area contributed by atoms with Gasteiger partial charge in [-0.05, 0) is 43.2 Å². The quantitative estimate of drug-likeness (QED) is 0.943. The molecule has 1 atom stereocenters. The van der Waals surface area contributed by atoms with Crippen molar-refractivity contribution in [3.05, 3.63) is 54.4 Å². The van der Waals surface area contributed by atoms with Crippen LogP contribution in [0.3, 0.4) is 0 Å². The molecule has 0 saturated carbocycles. The number of amides is 1. The molecule has 2 aromatic rings. The molecule has 22 heavy (non-hydrogen) atoms. The summed E-state index contributed by atoms with van der Waals surface area (Å²) in [5.41, 5.74) is 1.52. The number of likely N-dealkylation sites (tertiary alicyclic amines) is 1. The second-order valence-corrected chi connectivity index (χ2v) is 5.53. The van der Waals surface area contributed by atoms with Crippen molar-refractivity contribution in [1.29, 1.82) is 0 Å². The Morgan fingerprint density at radius 2 is 1.95 bits per heavy atom. The summed E-state index contributed by atoms with van der Waals surface area (Å²) in [6, 6.07) is 11.1. The van der Waals surface area contributed by atoms with Crippen molar-refractivity contribution >= 4 is 11.9 Å². The molecule has 1 aromatic heterocycles. The van der Waals surface area contributed by atoms with Crippen molar-refractivity contribution in [3.63, 3.8) is 0 Å². The number of carboxylic acids is 1. The highest BCUT2D eigenvalue weighted by Gasteiger charge is 2.30. The number of carbonyl (C=O) groups is 2. The van der Waals surface area contributed by atoms with E-state index in [1.54, 1.807) is 11.0 Å². The van der Waals surface area contributed by atoms with E-state index in [2.05, 4.69) is 0 Å². The van der Waals surface area contributed by atoms with Gasteiger partial charge < -0.3 is 14.6 Å². The number of hydrogen-bond acceptors (Lipinski definition) is 2. The third kappa shape index (κ3) is 2.88. The third-order valence-electron chi connectivity index (χ3n) is 4.04. The van der Waals surface area contributed by atoms with Crippen LogP contribution in [-0.2, 0) is 4.79 Å². The van der Waals surface area contributed by atoms with Gasteiger partial charge in [0.05, 0.1) is 6.42 Å². The van der Waals surface area contributed by atoms with Crippen molar-refractivity contribution in [3.8, 4) is 5.69 Å². The van der Waals surface area contributed by atoms with Gasteiger partial charge in [-0.3, -0.25) is 9.59 Å². The maximum absolute atomic E-state index is 12.7. The normalized spacial score (nSPS) is 17.6. The minimum Gasteiger partial charge on any atom is -0.481 e. The molecular formula is C17H18N2O3. The lowest BCUT2D eigenvalue weighted by molar-refractivity contribution is -0.137. The number of aromatic nitrogens is 1. The van der Waals surface area contributed by atoms with Gasteiger partial charge in [0.15, 0.2) is 0 Å². The summed E-state index contributed by atoms with van der Waals surface area (Å²) in [5, 5.41) is 8.97. The first kappa shape index (κ1) is 14.4. The Labute approximate surface area is 128 Å². The zero-order chi connectivity index (χ0) is 15.5. The van der Waals surface area contributed by atoms with Crippen LogP contribution in [0.15, 0.2) is 48.8 Å². The van der Waals surface area contributed by atoms with Gasteiger partial charge in [-0.25, -0.2) is 0 Å². The summed E-state index contributed by atoms with van der Waals surface area (Å²) in [6.45, 7) is 0.629. The SMILES string of the molecule is O=C(O)C[C@H]1CCCN1C(=O)c1cccc(-n2cccc2)c1. The fourth-order valence-corrected chi connectivity index (χ4v) is 2.99. The summed E-state index contributed by atoms with van der Waals surface area (Å²) in [5.74, 6) is -0.941. The topological polar surface area (TPSA) is 62.5 Å². The number of carboxylic acid groups (broad SMARTS) is 1. The molecule has 0 unspecified atom stereocenters. The molecule has 1 fully saturated rings. The zero-order valence-corrected chi connectivity index (χ0v) is 12.2. The van der Waals surface area contributed by atoms with Crippen LogP contribution in [0.5, 0.6) is 0 Å². The molecule has 0 radical (unpaired) electrons. The van der Waals surface area contributed by atoms with E-state index in [4.69, 9.17) is 5.11 Å². The molecule has 0 aliphatic carbocycles. The number of carbonyl (C=O) groups excluding carboxylic acids is 1. The van der Waals surface area contributed by atoms with Gasteiger partial charge in [-0.2, -0.15) is 0 Å². The molecule has 1 aliphatic heterocycles. The smallest absolute Gasteiger partial charge is 0.305 e. The Balaban J connectivity index is 1.83. The number of rotatable bonds is 4. The van der Waals surface area contributed by atoms with Crippen molar-refractivity contribution in [2.45, 2.75) is 25.3 Å². The fourth-order valence-electron chi connectivity index (χ4n) is 2.99. The molecule has 1 aromatic carbocycles. The molecule has 3 rings (SSSR count). The van der Waals surface area contributed by atoms with Crippen LogP contribution < -0.4 is 0 Å². The average molecular weight is 298 g/mol. The molecule has 5 heteroatoms. The zero-order valence-electron chi connectivity index (χ0n) is 12.2. The molecule has 2 heterocycles. The second-order valence-electron chi connectivity index (χ2n) is 5.53. The standard InChI is InChI=1S/C17H18N2O3/c20-16(21)12-15-7-4-10-19(15)17(22)13-5-3-6-14(11-13)18-8-1-2-9-18/h1-3,5-6,8-9,11,15H,4,7,10,12H2,(H,20,21)/t15-/m1/s1. The molecular weight excluding hydrogens is 280 g/mol. The summed E-state index contributed by atoms with van der Waals surface area (Å²) in [7, 11) is 0. The van der Waals surface area contributed by atoms with Crippen LogP contribution in [0.25, 0.3) is 5.69 Å². The second kappa shape index (κ2) is 6.05. The van der Waals surface area contributed by atoms with E-state index in [0.29, 0.717) is 12.1 Å². The molecule has 1 amide bonds. The third-order valence-corrected chi connectivity index (χ3v) is 4.04. The van der Waals surface area contributed by atoms with E-state index in [9.17, 15) is 9.59 Å². The minimum atomic E-state index is -0.856. The van der Waals surface area contributed by atoms with Crippen molar-refractivity contribution < 1.29 is 14.7 Å². The summed E-state index contributed by atoms with van der Waals surface area (Å²) in [4.78, 5) is 25.3. The summed E-state index contributed by atoms with van der Waals surface area (Å²) >= 11 is 0. The molecule has 114 valence electrons. The lowest BCUT2D eigenvalue weighted by atomic mass is 10.1. The Bertz CT molecular complexity index is 679. The van der Waals surface area contributed by atoms with Gasteiger partial charge >= 0.3 is 5.97 Å². The lowest BCUT2D eigenvalue weighted by Gasteiger charge is -2.23. The van der Waals surface area contributed by atoms with Crippen LogP contribution in [0.4, 0.5) is 0 Å². The van der Waals surface area contributed by atoms with Crippen LogP contribution >= 0.6 is 0 Å². The van der Waals surface area contributed by atoms with E-state index in [1.165, 1.54) is 0 Å². The number of nitrogens with zero attached hydrogens (tertiary/aromatic N) is 2. The number of aliphatic carboxylic acids is 1. The van der Waals surface area contributed by atoms with Crippen molar-refractivity contribution in [2.24, 2.45) is 0 Å². The molecule has 1 saturated heterocycles. The predicted octanol–water partition coefficient (Wildman–Crippen LogP) is 2.56. The molecule has 1 N–H and O–H groups in total. The van der Waals surface area contributed by atoms with Gasteiger partial charge in [-0.1, -0.05) is 6.07 Å². The first-order valence-corrected chi connectivity index (χ1v) is 7.41. The van der Waals surface area contributed by atoms with E-state index in [-0.39, 0.29) is 18.4 Å². The Kier molecular flexibility index (Phi) is 3.96. The Morgan fingerprint density at radius 3 is 2.68 bits per heavy atom. The summed E-state index contributed by atoms with van der Waals surface area (Å²) in [6.07, 6.45) is 5.48. The van der Waals surface area contributed by atoms with Crippen LogP contribution in [0.1, 0.15) is 29.6 Å². The highest BCUT2D eigenvalue weighted by atomic mass is 16.4. The van der Waals surface area contributed by atoms with Crippen LogP contribution in [-0.4, -0.2) is 39.0 Å². The van der Waals surface area contributed by atoms with E-state index >= 15 is 0 Å². The van der Waals surface area contributed by atoms with Crippen LogP contribution in [0.2, 0.25) is 0 Å². The Morgan fingerprint density at radius 1 is 1.18 bits per heavy atom. The van der Waals surface area contributed by atoms with Crippen molar-refractivity contribution in [1.82, 2.24) is 9.47 Å². The maximum atomic E-state index is 12.7. The molecule has 1 aliphatic rings. The Hall–Kier alpha value is -2.56. The van der Waals surface area contributed by atoms with Gasteiger partial charge in [0.1, 0.15) is 0 Å². The maximum Gasteiger partial charge on any atom is 0.305 e. The molecule has 0 spiro atoms. The van der Waals surface area contributed by atoms with Crippen molar-refractivity contribution in [2.75, 3.05) is 6.54 Å². The average Bonchev–Trinajstić information content (AvgIpc) is 3.17. The summed E-state index contributed by atoms with van der Waals surface area (Å²) < 4.78 is 1.94. The van der Waals surface area contributed by atoms with Crippen LogP contribution in [0, 0.1) is 0 Å².